The molecule has 0 radical (unpaired) electrons. The van der Waals surface area contributed by atoms with Gasteiger partial charge in [0.25, 0.3) is 5.91 Å². The molecule has 1 aliphatic rings. The normalized spacial score (nSPS) is 14.1. The van der Waals surface area contributed by atoms with Gasteiger partial charge in [0.1, 0.15) is 0 Å². The van der Waals surface area contributed by atoms with Crippen molar-refractivity contribution in [2.24, 2.45) is 0 Å². The Hall–Kier alpha value is -3.58. The number of amides is 2. The van der Waals surface area contributed by atoms with E-state index in [4.69, 9.17) is 4.74 Å². The number of aromatic nitrogens is 3. The van der Waals surface area contributed by atoms with Gasteiger partial charge >= 0.3 is 0 Å². The van der Waals surface area contributed by atoms with Gasteiger partial charge in [0.15, 0.2) is 11.2 Å². The smallest absolute Gasteiger partial charge is 0.253 e. The monoisotopic (exact) mass is 516 g/mol. The van der Waals surface area contributed by atoms with Gasteiger partial charge in [0.05, 0.1) is 35.6 Å². The van der Waals surface area contributed by atoms with Crippen molar-refractivity contribution in [1.82, 2.24) is 20.3 Å². The third-order valence-electron chi connectivity index (χ3n) is 4.97. The van der Waals surface area contributed by atoms with Crippen molar-refractivity contribution < 1.29 is 22.7 Å². The quantitative estimate of drug-likeness (QED) is 0.372. The van der Waals surface area contributed by atoms with Crippen LogP contribution in [0.3, 0.4) is 0 Å². The van der Waals surface area contributed by atoms with Crippen molar-refractivity contribution >= 4 is 44.0 Å². The molecule has 0 spiro atoms. The maximum Gasteiger partial charge on any atom is 0.253 e. The molecule has 2 aromatic heterocycles. The number of carbonyl (C=O) groups excluding carboxylic acids is 2. The molecule has 3 aromatic rings. The van der Waals surface area contributed by atoms with Gasteiger partial charge in [-0.15, -0.1) is 11.3 Å². The van der Waals surface area contributed by atoms with E-state index in [1.165, 1.54) is 18.5 Å². The molecule has 184 valence electrons. The van der Waals surface area contributed by atoms with Crippen LogP contribution in [0, 0.1) is 0 Å². The van der Waals surface area contributed by atoms with Crippen LogP contribution in [0.25, 0.3) is 11.3 Å². The molecule has 1 aliphatic carbocycles. The summed E-state index contributed by atoms with van der Waals surface area (Å²) >= 11 is 1.05. The summed E-state index contributed by atoms with van der Waals surface area (Å²) in [6.45, 7) is 3.63. The molecule has 4 rings (SSSR count). The van der Waals surface area contributed by atoms with Gasteiger partial charge in [-0.25, -0.2) is 18.4 Å². The third-order valence-corrected chi connectivity index (χ3v) is 7.71. The summed E-state index contributed by atoms with van der Waals surface area (Å²) in [7, 11) is -3.48. The second-order valence-corrected chi connectivity index (χ2v) is 10.6. The van der Waals surface area contributed by atoms with Gasteiger partial charge in [0, 0.05) is 23.6 Å². The molecular weight excluding hydrogens is 492 g/mol. The lowest BCUT2D eigenvalue weighted by Crippen LogP contribution is -2.36. The van der Waals surface area contributed by atoms with Crippen molar-refractivity contribution in [3.63, 3.8) is 0 Å². The highest BCUT2D eigenvalue weighted by atomic mass is 32.2. The highest BCUT2D eigenvalue weighted by molar-refractivity contribution is 7.93. The molecule has 2 heterocycles. The Labute approximate surface area is 206 Å². The van der Waals surface area contributed by atoms with E-state index in [0.29, 0.717) is 36.7 Å². The van der Waals surface area contributed by atoms with Crippen LogP contribution in [0.5, 0.6) is 5.88 Å². The van der Waals surface area contributed by atoms with Crippen molar-refractivity contribution in [1.29, 1.82) is 0 Å². The molecule has 13 heteroatoms. The standard InChI is InChI=1S/C22H24N6O5S2/c1-3-33-19-11-23-10-17(26-19)14-4-6-15(7-5-14)25-21(30)20(24-13(2)29)18-12-34-22(27-18)28-35(31,32)16-8-9-16/h4-7,10-12,16,20H,3,8-9H2,1-2H3,(H,24,29)(H,25,30)(H,27,28). The van der Waals surface area contributed by atoms with Crippen LogP contribution >= 0.6 is 11.3 Å². The first-order chi connectivity index (χ1) is 16.7. The SMILES string of the molecule is CCOc1cncc(-c2ccc(NC(=O)C(NC(C)=O)c3csc(NS(=O)(=O)C4CC4)n3)cc2)n1. The second kappa shape index (κ2) is 10.4. The first kappa shape index (κ1) is 24.5. The molecule has 1 atom stereocenters. The lowest BCUT2D eigenvalue weighted by Gasteiger charge is -2.16. The van der Waals surface area contributed by atoms with Gasteiger partial charge in [-0.2, -0.15) is 0 Å². The zero-order chi connectivity index (χ0) is 25.0. The Bertz CT molecular complexity index is 1320. The topological polar surface area (TPSA) is 152 Å². The number of nitrogens with zero attached hydrogens (tertiary/aromatic N) is 3. The van der Waals surface area contributed by atoms with Crippen LogP contribution in [-0.2, 0) is 19.6 Å². The van der Waals surface area contributed by atoms with E-state index in [1.807, 2.05) is 6.92 Å². The summed E-state index contributed by atoms with van der Waals surface area (Å²) in [6, 6.07) is 5.84. The second-order valence-electron chi connectivity index (χ2n) is 7.80. The van der Waals surface area contributed by atoms with Gasteiger partial charge < -0.3 is 15.4 Å². The molecule has 3 N–H and O–H groups in total. The van der Waals surface area contributed by atoms with E-state index in [9.17, 15) is 18.0 Å². The summed E-state index contributed by atoms with van der Waals surface area (Å²) < 4.78 is 32.2. The summed E-state index contributed by atoms with van der Waals surface area (Å²) in [5.41, 5.74) is 2.12. The van der Waals surface area contributed by atoms with Gasteiger partial charge in [-0.3, -0.25) is 19.3 Å². The molecule has 0 aliphatic heterocycles. The molecule has 11 nitrogen and oxygen atoms in total. The number of hydrogen-bond acceptors (Lipinski definition) is 9. The van der Waals surface area contributed by atoms with Crippen LogP contribution in [0.2, 0.25) is 0 Å². The van der Waals surface area contributed by atoms with Crippen LogP contribution in [0.4, 0.5) is 10.8 Å². The molecular formula is C22H24N6O5S2. The predicted octanol–water partition coefficient (Wildman–Crippen LogP) is 2.72. The molecule has 1 aromatic carbocycles. The van der Waals surface area contributed by atoms with Crippen LogP contribution in [-0.4, -0.2) is 47.0 Å². The van der Waals surface area contributed by atoms with Crippen LogP contribution < -0.4 is 20.1 Å². The average molecular weight is 517 g/mol. The van der Waals surface area contributed by atoms with E-state index in [-0.39, 0.29) is 10.8 Å². The average Bonchev–Trinajstić information content (AvgIpc) is 3.59. The summed E-state index contributed by atoms with van der Waals surface area (Å²) in [6.07, 6.45) is 4.38. The van der Waals surface area contributed by atoms with Crippen molar-refractivity contribution in [2.75, 3.05) is 16.6 Å². The number of anilines is 2. The Morgan fingerprint density at radius 1 is 1.17 bits per heavy atom. The number of benzene rings is 1. The Kier molecular flexibility index (Phi) is 7.26. The lowest BCUT2D eigenvalue weighted by molar-refractivity contribution is -0.125. The van der Waals surface area contributed by atoms with Gasteiger partial charge in [-0.05, 0) is 31.9 Å². The summed E-state index contributed by atoms with van der Waals surface area (Å²) in [4.78, 5) is 37.5. The molecule has 0 saturated heterocycles. The fourth-order valence-electron chi connectivity index (χ4n) is 3.17. The van der Waals surface area contributed by atoms with Crippen LogP contribution in [0.1, 0.15) is 38.4 Å². The number of sulfonamides is 1. The minimum atomic E-state index is -3.48. The number of hydrogen-bond donors (Lipinski definition) is 3. The first-order valence-corrected chi connectivity index (χ1v) is 13.3. The highest BCUT2D eigenvalue weighted by Crippen LogP contribution is 2.31. The summed E-state index contributed by atoms with van der Waals surface area (Å²) in [5.74, 6) is -0.531. The molecule has 0 bridgehead atoms. The van der Waals surface area contributed by atoms with E-state index in [2.05, 4.69) is 30.3 Å². The van der Waals surface area contributed by atoms with E-state index in [0.717, 1.165) is 16.9 Å². The van der Waals surface area contributed by atoms with E-state index < -0.39 is 33.1 Å². The number of nitrogens with one attached hydrogen (secondary N) is 3. The minimum Gasteiger partial charge on any atom is -0.477 e. The van der Waals surface area contributed by atoms with E-state index >= 15 is 0 Å². The molecule has 35 heavy (non-hydrogen) atoms. The zero-order valence-electron chi connectivity index (χ0n) is 19.0. The molecule has 1 saturated carbocycles. The van der Waals surface area contributed by atoms with Crippen LogP contribution in [0.15, 0.2) is 42.0 Å². The first-order valence-electron chi connectivity index (χ1n) is 10.9. The summed E-state index contributed by atoms with van der Waals surface area (Å²) in [5, 5.41) is 6.61. The molecule has 2 amide bonds. The molecule has 1 unspecified atom stereocenters. The Morgan fingerprint density at radius 3 is 2.57 bits per heavy atom. The number of carbonyl (C=O) groups is 2. The fraction of sp³-hybridized carbons (Fsp3) is 0.318. The zero-order valence-corrected chi connectivity index (χ0v) is 20.6. The fourth-order valence-corrected chi connectivity index (χ4v) is 5.50. The molecule has 1 fully saturated rings. The van der Waals surface area contributed by atoms with Crippen molar-refractivity contribution in [3.05, 3.63) is 47.7 Å². The largest absolute Gasteiger partial charge is 0.477 e. The maximum atomic E-state index is 13.0. The van der Waals surface area contributed by atoms with E-state index in [1.54, 1.807) is 30.5 Å². The maximum absolute atomic E-state index is 13.0. The van der Waals surface area contributed by atoms with Crippen molar-refractivity contribution in [3.8, 4) is 17.1 Å². The number of ether oxygens (including phenoxy) is 1. The minimum absolute atomic E-state index is 0.148. The van der Waals surface area contributed by atoms with Gasteiger partial charge in [-0.1, -0.05) is 12.1 Å². The number of rotatable bonds is 10. The third kappa shape index (κ3) is 6.31. The number of thiazole rings is 1. The highest BCUT2D eigenvalue weighted by Gasteiger charge is 2.36. The lowest BCUT2D eigenvalue weighted by atomic mass is 10.1. The van der Waals surface area contributed by atoms with Crippen molar-refractivity contribution in [2.45, 2.75) is 38.0 Å². The predicted molar refractivity (Wildman–Crippen MR) is 132 cm³/mol. The Balaban J connectivity index is 1.47. The Morgan fingerprint density at radius 2 is 1.91 bits per heavy atom. The van der Waals surface area contributed by atoms with Gasteiger partial charge in [0.2, 0.25) is 21.8 Å².